The van der Waals surface area contributed by atoms with Gasteiger partial charge in [-0.05, 0) is 55.7 Å². The summed E-state index contributed by atoms with van der Waals surface area (Å²) in [5.41, 5.74) is 2.61. The minimum atomic E-state index is -0.131. The predicted octanol–water partition coefficient (Wildman–Crippen LogP) is 3.93. The van der Waals surface area contributed by atoms with E-state index >= 15 is 0 Å². The van der Waals surface area contributed by atoms with Crippen molar-refractivity contribution in [1.29, 1.82) is 0 Å². The highest BCUT2D eigenvalue weighted by atomic mass is 16.5. The second-order valence-electron chi connectivity index (χ2n) is 5.97. The van der Waals surface area contributed by atoms with Crippen LogP contribution in [0.15, 0.2) is 55.1 Å². The molecule has 2 aromatic rings. The molecule has 25 heavy (non-hydrogen) atoms. The minimum Gasteiger partial charge on any atom is -0.496 e. The first kappa shape index (κ1) is 18.6. The molecule has 1 N–H and O–H groups in total. The molecule has 2 aromatic carbocycles. The number of benzene rings is 2. The van der Waals surface area contributed by atoms with Crippen molar-refractivity contribution in [3.05, 3.63) is 71.8 Å². The Kier molecular flexibility index (Phi) is 6.63. The van der Waals surface area contributed by atoms with Crippen LogP contribution in [-0.4, -0.2) is 25.7 Å². The van der Waals surface area contributed by atoms with Gasteiger partial charge in [0.05, 0.1) is 13.2 Å². The Bertz CT molecular complexity index is 740. The van der Waals surface area contributed by atoms with Gasteiger partial charge in [-0.2, -0.15) is 0 Å². The van der Waals surface area contributed by atoms with Crippen molar-refractivity contribution in [2.75, 3.05) is 13.7 Å². The van der Waals surface area contributed by atoms with Gasteiger partial charge in [0.15, 0.2) is 0 Å². The third-order valence-electron chi connectivity index (χ3n) is 3.87. The molecule has 0 aromatic heterocycles. The van der Waals surface area contributed by atoms with Crippen LogP contribution in [0.2, 0.25) is 0 Å². The van der Waals surface area contributed by atoms with Gasteiger partial charge in [0.1, 0.15) is 18.1 Å². The second-order valence-corrected chi connectivity index (χ2v) is 5.97. The number of amides is 1. The maximum Gasteiger partial charge on any atom is 0.251 e. The smallest absolute Gasteiger partial charge is 0.251 e. The largest absolute Gasteiger partial charge is 0.496 e. The van der Waals surface area contributed by atoms with E-state index in [1.54, 1.807) is 19.3 Å². The summed E-state index contributed by atoms with van der Waals surface area (Å²) in [6.45, 7) is 8.07. The number of methoxy groups -OCH3 is 1. The summed E-state index contributed by atoms with van der Waals surface area (Å²) in [4.78, 5) is 12.5. The molecule has 4 heteroatoms. The molecule has 4 nitrogen and oxygen atoms in total. The highest BCUT2D eigenvalue weighted by molar-refractivity contribution is 5.94. The van der Waals surface area contributed by atoms with Crippen molar-refractivity contribution in [1.82, 2.24) is 5.32 Å². The molecule has 0 bridgehead atoms. The van der Waals surface area contributed by atoms with E-state index in [4.69, 9.17) is 9.47 Å². The van der Waals surface area contributed by atoms with Gasteiger partial charge in [0, 0.05) is 5.56 Å². The van der Waals surface area contributed by atoms with E-state index < -0.39 is 0 Å². The third kappa shape index (κ3) is 5.11. The lowest BCUT2D eigenvalue weighted by Crippen LogP contribution is -2.36. The van der Waals surface area contributed by atoms with Crippen LogP contribution in [0.1, 0.15) is 28.4 Å². The fourth-order valence-electron chi connectivity index (χ4n) is 2.52. The first-order valence-corrected chi connectivity index (χ1v) is 8.32. The van der Waals surface area contributed by atoms with E-state index in [9.17, 15) is 4.79 Å². The van der Waals surface area contributed by atoms with E-state index in [2.05, 4.69) is 11.9 Å². The van der Waals surface area contributed by atoms with Crippen molar-refractivity contribution in [2.24, 2.45) is 0 Å². The lowest BCUT2D eigenvalue weighted by molar-refractivity contribution is 0.0926. The van der Waals surface area contributed by atoms with Crippen LogP contribution >= 0.6 is 0 Å². The highest BCUT2D eigenvalue weighted by Crippen LogP contribution is 2.21. The number of ether oxygens (including phenoxy) is 2. The normalized spacial score (nSPS) is 11.5. The molecule has 0 radical (unpaired) electrons. The summed E-state index contributed by atoms with van der Waals surface area (Å²) < 4.78 is 11.1. The van der Waals surface area contributed by atoms with E-state index in [1.165, 1.54) is 0 Å². The predicted molar refractivity (Wildman–Crippen MR) is 100 cm³/mol. The number of rotatable bonds is 8. The Labute approximate surface area is 149 Å². The van der Waals surface area contributed by atoms with Crippen LogP contribution in [0.3, 0.4) is 0 Å². The standard InChI is InChI=1S/C21H25NO3/c1-5-8-17-13-18(11-12-20(17)24-4)21(23)22-16(3)14-25-19-10-7-6-9-15(19)2/h5-7,9-13,16H,1,8,14H2,2-4H3,(H,22,23). The fraction of sp³-hybridized carbons (Fsp3) is 0.286. The number of carbonyl (C=O) groups is 1. The van der Waals surface area contributed by atoms with Crippen molar-refractivity contribution in [3.8, 4) is 11.5 Å². The second kappa shape index (κ2) is 8.92. The van der Waals surface area contributed by atoms with E-state index in [0.717, 1.165) is 22.6 Å². The molecule has 0 aliphatic rings. The summed E-state index contributed by atoms with van der Waals surface area (Å²) in [6.07, 6.45) is 2.44. The Morgan fingerprint density at radius 2 is 2.00 bits per heavy atom. The zero-order valence-electron chi connectivity index (χ0n) is 15.0. The lowest BCUT2D eigenvalue weighted by atomic mass is 10.1. The number of hydrogen-bond donors (Lipinski definition) is 1. The third-order valence-corrected chi connectivity index (χ3v) is 3.87. The molecule has 2 rings (SSSR count). The Balaban J connectivity index is 1.97. The van der Waals surface area contributed by atoms with Crippen LogP contribution in [-0.2, 0) is 6.42 Å². The van der Waals surface area contributed by atoms with E-state index in [1.807, 2.05) is 50.2 Å². The molecule has 132 valence electrons. The average Bonchev–Trinajstić information content (AvgIpc) is 2.61. The van der Waals surface area contributed by atoms with Gasteiger partial charge in [-0.3, -0.25) is 4.79 Å². The van der Waals surface area contributed by atoms with Crippen LogP contribution in [0.25, 0.3) is 0 Å². The molecule has 0 saturated carbocycles. The summed E-state index contributed by atoms with van der Waals surface area (Å²) in [6, 6.07) is 13.1. The SMILES string of the molecule is C=CCc1cc(C(=O)NC(C)COc2ccccc2C)ccc1OC. The maximum absolute atomic E-state index is 12.5. The Morgan fingerprint density at radius 1 is 1.24 bits per heavy atom. The first-order chi connectivity index (χ1) is 12.0. The Morgan fingerprint density at radius 3 is 2.68 bits per heavy atom. The lowest BCUT2D eigenvalue weighted by Gasteiger charge is -2.17. The first-order valence-electron chi connectivity index (χ1n) is 8.32. The number of para-hydroxylation sites is 1. The Hall–Kier alpha value is -2.75. The molecule has 0 aliphatic heterocycles. The van der Waals surface area contributed by atoms with Crippen LogP contribution in [0.4, 0.5) is 0 Å². The highest BCUT2D eigenvalue weighted by Gasteiger charge is 2.13. The van der Waals surface area contributed by atoms with E-state index in [0.29, 0.717) is 18.6 Å². The van der Waals surface area contributed by atoms with Gasteiger partial charge >= 0.3 is 0 Å². The summed E-state index contributed by atoms with van der Waals surface area (Å²) in [7, 11) is 1.62. The number of nitrogens with one attached hydrogen (secondary N) is 1. The summed E-state index contributed by atoms with van der Waals surface area (Å²) >= 11 is 0. The molecule has 0 fully saturated rings. The quantitative estimate of drug-likeness (QED) is 0.741. The molecule has 0 heterocycles. The van der Waals surface area contributed by atoms with E-state index in [-0.39, 0.29) is 11.9 Å². The minimum absolute atomic E-state index is 0.114. The van der Waals surface area contributed by atoms with Crippen LogP contribution in [0.5, 0.6) is 11.5 Å². The fourth-order valence-corrected chi connectivity index (χ4v) is 2.52. The summed E-state index contributed by atoms with van der Waals surface area (Å²) in [5, 5.41) is 2.96. The van der Waals surface area contributed by atoms with Crippen molar-refractivity contribution < 1.29 is 14.3 Å². The zero-order valence-corrected chi connectivity index (χ0v) is 15.0. The number of aryl methyl sites for hydroxylation is 1. The van der Waals surface area contributed by atoms with Gasteiger partial charge < -0.3 is 14.8 Å². The van der Waals surface area contributed by atoms with Gasteiger partial charge in [0.25, 0.3) is 5.91 Å². The van der Waals surface area contributed by atoms with Gasteiger partial charge in [-0.1, -0.05) is 24.3 Å². The van der Waals surface area contributed by atoms with Gasteiger partial charge in [-0.25, -0.2) is 0 Å². The maximum atomic E-state index is 12.5. The van der Waals surface area contributed by atoms with Crippen LogP contribution in [0, 0.1) is 6.92 Å². The van der Waals surface area contributed by atoms with Crippen LogP contribution < -0.4 is 14.8 Å². The molecule has 0 aliphatic carbocycles. The number of hydrogen-bond acceptors (Lipinski definition) is 3. The number of allylic oxidation sites excluding steroid dienone is 1. The zero-order chi connectivity index (χ0) is 18.2. The monoisotopic (exact) mass is 339 g/mol. The molecular formula is C21H25NO3. The topological polar surface area (TPSA) is 47.6 Å². The molecule has 1 atom stereocenters. The molecule has 1 amide bonds. The summed E-state index contributed by atoms with van der Waals surface area (Å²) in [5.74, 6) is 1.46. The van der Waals surface area contributed by atoms with Crippen molar-refractivity contribution in [3.63, 3.8) is 0 Å². The molecule has 1 unspecified atom stereocenters. The van der Waals surface area contributed by atoms with Crippen molar-refractivity contribution in [2.45, 2.75) is 26.3 Å². The van der Waals surface area contributed by atoms with Gasteiger partial charge in [-0.15, -0.1) is 6.58 Å². The molecular weight excluding hydrogens is 314 g/mol. The molecule has 0 saturated heterocycles. The molecule has 0 spiro atoms. The average molecular weight is 339 g/mol. The number of carbonyl (C=O) groups excluding carboxylic acids is 1. The van der Waals surface area contributed by atoms with Gasteiger partial charge in [0.2, 0.25) is 0 Å². The van der Waals surface area contributed by atoms with Crippen molar-refractivity contribution >= 4 is 5.91 Å².